The molecule has 1 unspecified atom stereocenters. The van der Waals surface area contributed by atoms with Gasteiger partial charge in [0.2, 0.25) is 0 Å². The van der Waals surface area contributed by atoms with Crippen LogP contribution in [0.4, 0.5) is 0 Å². The fraction of sp³-hybridized carbons (Fsp3) is 0.143. The molecule has 0 aliphatic rings. The van der Waals surface area contributed by atoms with Gasteiger partial charge in [0.15, 0.2) is 0 Å². The summed E-state index contributed by atoms with van der Waals surface area (Å²) in [7, 11) is 0. The van der Waals surface area contributed by atoms with E-state index < -0.39 is 5.60 Å². The zero-order chi connectivity index (χ0) is 13.0. The predicted molar refractivity (Wildman–Crippen MR) is 68.7 cm³/mol. The van der Waals surface area contributed by atoms with Crippen LogP contribution in [0.3, 0.4) is 0 Å². The Morgan fingerprint density at radius 1 is 1.11 bits per heavy atom. The molecule has 1 atom stereocenters. The molecule has 0 bridgehead atoms. The minimum absolute atomic E-state index is 0.0775. The third-order valence-electron chi connectivity index (χ3n) is 2.53. The molecule has 18 heavy (non-hydrogen) atoms. The Morgan fingerprint density at radius 3 is 2.33 bits per heavy atom. The van der Waals surface area contributed by atoms with E-state index in [9.17, 15) is 10.2 Å². The second-order valence-electron chi connectivity index (χ2n) is 4.11. The summed E-state index contributed by atoms with van der Waals surface area (Å²) in [6.07, 6.45) is 4.50. The van der Waals surface area contributed by atoms with Gasteiger partial charge in [0.25, 0.3) is 0 Å². The Kier molecular flexibility index (Phi) is 3.39. The minimum Gasteiger partial charge on any atom is -0.506 e. The fourth-order valence-corrected chi connectivity index (χ4v) is 1.59. The van der Waals surface area contributed by atoms with E-state index in [1.807, 2.05) is 0 Å². The van der Waals surface area contributed by atoms with Crippen LogP contribution < -0.4 is 0 Å². The van der Waals surface area contributed by atoms with Crippen molar-refractivity contribution in [3.63, 3.8) is 0 Å². The average Bonchev–Trinajstić information content (AvgIpc) is 2.40. The van der Waals surface area contributed by atoms with Crippen LogP contribution in [0.15, 0.2) is 54.9 Å². The van der Waals surface area contributed by atoms with Crippen molar-refractivity contribution in [3.05, 3.63) is 66.3 Å². The van der Waals surface area contributed by atoms with Crippen molar-refractivity contribution in [1.29, 1.82) is 0 Å². The van der Waals surface area contributed by atoms with Crippen molar-refractivity contribution in [2.45, 2.75) is 12.5 Å². The van der Waals surface area contributed by atoms with Gasteiger partial charge in [-0.3, -0.25) is 9.97 Å². The first-order valence-corrected chi connectivity index (χ1v) is 5.57. The molecule has 92 valence electrons. The summed E-state index contributed by atoms with van der Waals surface area (Å²) >= 11 is 0. The van der Waals surface area contributed by atoms with Crippen LogP contribution in [0.2, 0.25) is 0 Å². The Hall–Kier alpha value is -2.20. The molecule has 2 aromatic heterocycles. The molecule has 2 aromatic rings. The van der Waals surface area contributed by atoms with E-state index in [2.05, 4.69) is 9.97 Å². The molecule has 0 radical (unpaired) electrons. The molecule has 0 saturated carbocycles. The monoisotopic (exact) mass is 242 g/mol. The van der Waals surface area contributed by atoms with Gasteiger partial charge in [-0.25, -0.2) is 0 Å². The highest BCUT2D eigenvalue weighted by atomic mass is 16.3. The third-order valence-corrected chi connectivity index (χ3v) is 2.53. The van der Waals surface area contributed by atoms with Gasteiger partial charge < -0.3 is 10.2 Å². The average molecular weight is 242 g/mol. The molecule has 2 heterocycles. The minimum atomic E-state index is -1.34. The quantitative estimate of drug-likeness (QED) is 0.810. The van der Waals surface area contributed by atoms with Gasteiger partial charge in [0.1, 0.15) is 17.1 Å². The summed E-state index contributed by atoms with van der Waals surface area (Å²) < 4.78 is 0. The van der Waals surface area contributed by atoms with Gasteiger partial charge in [0.05, 0.1) is 5.69 Å². The molecule has 0 aliphatic carbocycles. The topological polar surface area (TPSA) is 66.2 Å². The third kappa shape index (κ3) is 2.73. The lowest BCUT2D eigenvalue weighted by Crippen LogP contribution is -2.20. The number of hydrogen-bond acceptors (Lipinski definition) is 4. The Morgan fingerprint density at radius 2 is 1.78 bits per heavy atom. The largest absolute Gasteiger partial charge is 0.506 e. The zero-order valence-corrected chi connectivity index (χ0v) is 9.99. The van der Waals surface area contributed by atoms with Crippen LogP contribution in [-0.4, -0.2) is 20.2 Å². The summed E-state index contributed by atoms with van der Waals surface area (Å²) in [5.41, 5.74) is -0.468. The maximum Gasteiger partial charge on any atom is 0.140 e. The number of rotatable bonds is 3. The van der Waals surface area contributed by atoms with Gasteiger partial charge >= 0.3 is 0 Å². The van der Waals surface area contributed by atoms with Crippen LogP contribution in [-0.2, 0) is 5.60 Å². The van der Waals surface area contributed by atoms with Crippen LogP contribution in [0.1, 0.15) is 18.3 Å². The molecule has 4 nitrogen and oxygen atoms in total. The van der Waals surface area contributed by atoms with E-state index in [0.717, 1.165) is 0 Å². The SMILES string of the molecule is CC(O)(/C=C(/O)c1ccccn1)c1ccccn1. The zero-order valence-electron chi connectivity index (χ0n) is 9.99. The normalized spacial score (nSPS) is 15.1. The number of hydrogen-bond donors (Lipinski definition) is 2. The van der Waals surface area contributed by atoms with Gasteiger partial charge in [-0.15, -0.1) is 0 Å². The number of aromatic nitrogens is 2. The summed E-state index contributed by atoms with van der Waals surface area (Å²) in [5, 5.41) is 20.2. The molecule has 0 aromatic carbocycles. The van der Waals surface area contributed by atoms with Gasteiger partial charge in [0, 0.05) is 12.4 Å². The Bertz CT molecular complexity index is 536. The highest BCUT2D eigenvalue weighted by Gasteiger charge is 2.23. The predicted octanol–water partition coefficient (Wildman–Crippen LogP) is 2.28. The lowest BCUT2D eigenvalue weighted by Gasteiger charge is -2.18. The van der Waals surface area contributed by atoms with Crippen molar-refractivity contribution in [1.82, 2.24) is 9.97 Å². The number of pyridine rings is 2. The van der Waals surface area contributed by atoms with Crippen molar-refractivity contribution < 1.29 is 10.2 Å². The highest BCUT2D eigenvalue weighted by Crippen LogP contribution is 2.23. The Labute approximate surface area is 105 Å². The smallest absolute Gasteiger partial charge is 0.140 e. The van der Waals surface area contributed by atoms with Crippen LogP contribution >= 0.6 is 0 Å². The maximum atomic E-state index is 10.3. The maximum absolute atomic E-state index is 10.3. The molecule has 0 fully saturated rings. The summed E-state index contributed by atoms with van der Waals surface area (Å²) in [6, 6.07) is 10.4. The van der Waals surface area contributed by atoms with Crippen LogP contribution in [0.5, 0.6) is 0 Å². The van der Waals surface area contributed by atoms with Crippen LogP contribution in [0, 0.1) is 0 Å². The second-order valence-corrected chi connectivity index (χ2v) is 4.11. The van der Waals surface area contributed by atoms with Crippen molar-refractivity contribution in [2.24, 2.45) is 0 Å². The molecule has 2 N–H and O–H groups in total. The summed E-state index contributed by atoms with van der Waals surface area (Å²) in [6.45, 7) is 1.56. The molecule has 0 amide bonds. The lowest BCUT2D eigenvalue weighted by molar-refractivity contribution is 0.105. The van der Waals surface area contributed by atoms with Crippen molar-refractivity contribution in [2.75, 3.05) is 0 Å². The molecule has 2 rings (SSSR count). The van der Waals surface area contributed by atoms with E-state index in [1.54, 1.807) is 55.7 Å². The lowest BCUT2D eigenvalue weighted by atomic mass is 10.00. The molecular weight excluding hydrogens is 228 g/mol. The fourth-order valence-electron chi connectivity index (χ4n) is 1.59. The molecule has 0 spiro atoms. The van der Waals surface area contributed by atoms with Crippen molar-refractivity contribution in [3.8, 4) is 0 Å². The second kappa shape index (κ2) is 4.98. The molecule has 4 heteroatoms. The van der Waals surface area contributed by atoms with E-state index in [-0.39, 0.29) is 5.76 Å². The molecule has 0 saturated heterocycles. The first kappa shape index (κ1) is 12.3. The summed E-state index contributed by atoms with van der Waals surface area (Å²) in [5.74, 6) is -0.0775. The first-order chi connectivity index (χ1) is 8.59. The van der Waals surface area contributed by atoms with E-state index >= 15 is 0 Å². The van der Waals surface area contributed by atoms with Gasteiger partial charge in [-0.05, 0) is 37.3 Å². The highest BCUT2D eigenvalue weighted by molar-refractivity contribution is 5.56. The number of aliphatic hydroxyl groups excluding tert-OH is 1. The number of aliphatic hydroxyl groups is 2. The molecular formula is C14H14N2O2. The molecule has 0 aliphatic heterocycles. The van der Waals surface area contributed by atoms with Crippen molar-refractivity contribution >= 4 is 5.76 Å². The van der Waals surface area contributed by atoms with E-state index in [4.69, 9.17) is 0 Å². The Balaban J connectivity index is 2.32. The van der Waals surface area contributed by atoms with E-state index in [1.165, 1.54) is 6.08 Å². The van der Waals surface area contributed by atoms with Gasteiger partial charge in [-0.2, -0.15) is 0 Å². The summed E-state index contributed by atoms with van der Waals surface area (Å²) in [4.78, 5) is 8.08. The van der Waals surface area contributed by atoms with Crippen LogP contribution in [0.25, 0.3) is 5.76 Å². The standard InChI is InChI=1S/C14H14N2O2/c1-14(18,13-7-3-5-9-16-13)10-12(17)11-6-2-4-8-15-11/h2-10,17-18H,1H3/b12-10+. The first-order valence-electron chi connectivity index (χ1n) is 5.57. The van der Waals surface area contributed by atoms with Gasteiger partial charge in [-0.1, -0.05) is 12.1 Å². The number of nitrogens with zero attached hydrogens (tertiary/aromatic N) is 2. The van der Waals surface area contributed by atoms with E-state index in [0.29, 0.717) is 11.4 Å².